The van der Waals surface area contributed by atoms with Crippen LogP contribution in [0.1, 0.15) is 38.3 Å². The number of aromatic hydroxyl groups is 1. The summed E-state index contributed by atoms with van der Waals surface area (Å²) < 4.78 is 1.92. The van der Waals surface area contributed by atoms with E-state index in [0.29, 0.717) is 12.0 Å². The van der Waals surface area contributed by atoms with Crippen LogP contribution < -0.4 is 0 Å². The minimum Gasteiger partial charge on any atom is -0.506 e. The molecule has 0 radical (unpaired) electrons. The van der Waals surface area contributed by atoms with Crippen LogP contribution in [0, 0.1) is 0 Å². The predicted octanol–water partition coefficient (Wildman–Crippen LogP) is 2.63. The first-order chi connectivity index (χ1) is 9.13. The number of imidazole rings is 1. The van der Waals surface area contributed by atoms with E-state index in [2.05, 4.69) is 29.9 Å². The van der Waals surface area contributed by atoms with Gasteiger partial charge < -0.3 is 14.4 Å². The Morgan fingerprint density at radius 3 is 2.63 bits per heavy atom. The lowest BCUT2D eigenvalue weighted by molar-refractivity contribution is 0.171. The van der Waals surface area contributed by atoms with Crippen molar-refractivity contribution in [2.75, 3.05) is 13.1 Å². The second-order valence-corrected chi connectivity index (χ2v) is 5.72. The minimum atomic E-state index is 0.283. The number of hydrogen-bond donors (Lipinski definition) is 1. The van der Waals surface area contributed by atoms with Crippen LogP contribution in [0.2, 0.25) is 0 Å². The van der Waals surface area contributed by atoms with Crippen LogP contribution in [0.3, 0.4) is 0 Å². The van der Waals surface area contributed by atoms with Crippen LogP contribution in [0.25, 0.3) is 5.65 Å². The number of fused-ring (bicyclic) bond motifs is 1. The van der Waals surface area contributed by atoms with Gasteiger partial charge in [0.05, 0.1) is 11.9 Å². The quantitative estimate of drug-likeness (QED) is 0.901. The summed E-state index contributed by atoms with van der Waals surface area (Å²) in [5.74, 6) is 0.836. The third kappa shape index (κ3) is 2.45. The van der Waals surface area contributed by atoms with Crippen molar-refractivity contribution in [2.45, 2.75) is 38.6 Å². The molecule has 19 heavy (non-hydrogen) atoms. The first kappa shape index (κ1) is 12.5. The number of hydrogen-bond acceptors (Lipinski definition) is 3. The predicted molar refractivity (Wildman–Crippen MR) is 75.5 cm³/mol. The molecular formula is C15H21N3O. The van der Waals surface area contributed by atoms with Gasteiger partial charge in [-0.1, -0.05) is 0 Å². The van der Waals surface area contributed by atoms with Gasteiger partial charge in [-0.2, -0.15) is 0 Å². The lowest BCUT2D eigenvalue weighted by Gasteiger charge is -2.33. The molecule has 0 atom stereocenters. The van der Waals surface area contributed by atoms with E-state index in [1.54, 1.807) is 12.3 Å². The number of piperidine rings is 1. The normalized spacial score (nSPS) is 18.5. The summed E-state index contributed by atoms with van der Waals surface area (Å²) in [7, 11) is 0. The number of nitrogens with zero attached hydrogens (tertiary/aromatic N) is 3. The monoisotopic (exact) mass is 259 g/mol. The van der Waals surface area contributed by atoms with Crippen molar-refractivity contribution < 1.29 is 5.11 Å². The summed E-state index contributed by atoms with van der Waals surface area (Å²) in [5.41, 5.74) is 2.08. The number of likely N-dealkylation sites (tertiary alicyclic amines) is 1. The third-order valence-electron chi connectivity index (χ3n) is 4.13. The summed E-state index contributed by atoms with van der Waals surface area (Å²) in [6, 6.07) is 4.19. The zero-order valence-corrected chi connectivity index (χ0v) is 11.6. The molecule has 3 heterocycles. The first-order valence-electron chi connectivity index (χ1n) is 7.05. The number of aromatic nitrogens is 2. The Morgan fingerprint density at radius 1 is 1.21 bits per heavy atom. The van der Waals surface area contributed by atoms with Crippen LogP contribution in [-0.2, 0) is 0 Å². The molecule has 3 rings (SSSR count). The maximum Gasteiger partial charge on any atom is 0.137 e. The Kier molecular flexibility index (Phi) is 3.19. The largest absolute Gasteiger partial charge is 0.506 e. The average molecular weight is 259 g/mol. The molecule has 0 unspecified atom stereocenters. The SMILES string of the molecule is CC(C)N1CCC(c2cn3cc(O)ccc3n2)CC1. The van der Waals surface area contributed by atoms with E-state index >= 15 is 0 Å². The second kappa shape index (κ2) is 4.85. The molecule has 1 fully saturated rings. The zero-order valence-electron chi connectivity index (χ0n) is 11.6. The van der Waals surface area contributed by atoms with Gasteiger partial charge in [0.1, 0.15) is 11.4 Å². The number of rotatable bonds is 2. The summed E-state index contributed by atoms with van der Waals surface area (Å²) in [6.07, 6.45) is 6.13. The van der Waals surface area contributed by atoms with Gasteiger partial charge in [0.25, 0.3) is 0 Å². The van der Waals surface area contributed by atoms with Crippen molar-refractivity contribution in [3.63, 3.8) is 0 Å². The summed E-state index contributed by atoms with van der Waals surface area (Å²) in [4.78, 5) is 7.21. The standard InChI is InChI=1S/C15H21N3O/c1-11(2)17-7-5-12(6-8-17)14-10-18-9-13(19)3-4-15(18)16-14/h3-4,9-12,19H,5-8H2,1-2H3. The van der Waals surface area contributed by atoms with Gasteiger partial charge >= 0.3 is 0 Å². The Balaban J connectivity index is 1.78. The Labute approximate surface area is 113 Å². The molecule has 0 amide bonds. The van der Waals surface area contributed by atoms with Gasteiger partial charge in [-0.25, -0.2) is 4.98 Å². The van der Waals surface area contributed by atoms with E-state index in [1.807, 2.05) is 10.5 Å². The molecule has 1 aliphatic rings. The lowest BCUT2D eigenvalue weighted by Crippen LogP contribution is -2.37. The molecule has 2 aromatic rings. The van der Waals surface area contributed by atoms with Crippen LogP contribution in [0.5, 0.6) is 5.75 Å². The molecule has 0 aromatic carbocycles. The summed E-state index contributed by atoms with van der Waals surface area (Å²) in [6.45, 7) is 6.82. The topological polar surface area (TPSA) is 40.8 Å². The molecule has 1 N–H and O–H groups in total. The van der Waals surface area contributed by atoms with E-state index in [9.17, 15) is 5.11 Å². The Hall–Kier alpha value is -1.55. The van der Waals surface area contributed by atoms with Crippen molar-refractivity contribution in [1.82, 2.24) is 14.3 Å². The Morgan fingerprint density at radius 2 is 1.95 bits per heavy atom. The molecule has 0 aliphatic carbocycles. The number of pyridine rings is 1. The van der Waals surface area contributed by atoms with Crippen molar-refractivity contribution >= 4 is 5.65 Å². The molecule has 1 saturated heterocycles. The molecule has 0 bridgehead atoms. The van der Waals surface area contributed by atoms with E-state index in [0.717, 1.165) is 24.4 Å². The minimum absolute atomic E-state index is 0.283. The zero-order chi connectivity index (χ0) is 13.4. The van der Waals surface area contributed by atoms with E-state index in [4.69, 9.17) is 0 Å². The van der Waals surface area contributed by atoms with E-state index in [1.165, 1.54) is 12.8 Å². The van der Waals surface area contributed by atoms with E-state index < -0.39 is 0 Å². The maximum absolute atomic E-state index is 9.49. The first-order valence-corrected chi connectivity index (χ1v) is 7.05. The van der Waals surface area contributed by atoms with Gasteiger partial charge in [0, 0.05) is 18.2 Å². The highest BCUT2D eigenvalue weighted by atomic mass is 16.3. The Bertz CT molecular complexity index is 568. The van der Waals surface area contributed by atoms with Gasteiger partial charge in [0.15, 0.2) is 0 Å². The highest BCUT2D eigenvalue weighted by Gasteiger charge is 2.23. The van der Waals surface area contributed by atoms with Crippen LogP contribution >= 0.6 is 0 Å². The van der Waals surface area contributed by atoms with Gasteiger partial charge in [-0.05, 0) is 51.9 Å². The summed E-state index contributed by atoms with van der Waals surface area (Å²) in [5, 5.41) is 9.49. The lowest BCUT2D eigenvalue weighted by atomic mass is 9.93. The summed E-state index contributed by atoms with van der Waals surface area (Å²) >= 11 is 0. The van der Waals surface area contributed by atoms with Crippen molar-refractivity contribution in [3.05, 3.63) is 30.2 Å². The fourth-order valence-corrected chi connectivity index (χ4v) is 2.91. The van der Waals surface area contributed by atoms with Crippen molar-refractivity contribution in [1.29, 1.82) is 0 Å². The average Bonchev–Trinajstić information content (AvgIpc) is 2.81. The van der Waals surface area contributed by atoms with Crippen molar-refractivity contribution in [2.24, 2.45) is 0 Å². The van der Waals surface area contributed by atoms with Crippen molar-refractivity contribution in [3.8, 4) is 5.75 Å². The van der Waals surface area contributed by atoms with Crippen LogP contribution in [-0.4, -0.2) is 38.5 Å². The van der Waals surface area contributed by atoms with Gasteiger partial charge in [-0.3, -0.25) is 0 Å². The molecule has 2 aromatic heterocycles. The molecular weight excluding hydrogens is 238 g/mol. The maximum atomic E-state index is 9.49. The third-order valence-corrected chi connectivity index (χ3v) is 4.13. The van der Waals surface area contributed by atoms with E-state index in [-0.39, 0.29) is 5.75 Å². The fraction of sp³-hybridized carbons (Fsp3) is 0.533. The molecule has 4 heteroatoms. The van der Waals surface area contributed by atoms with Crippen LogP contribution in [0.15, 0.2) is 24.5 Å². The molecule has 0 spiro atoms. The van der Waals surface area contributed by atoms with Crippen LogP contribution in [0.4, 0.5) is 0 Å². The highest BCUT2D eigenvalue weighted by molar-refractivity contribution is 5.43. The van der Waals surface area contributed by atoms with Gasteiger partial charge in [0.2, 0.25) is 0 Å². The fourth-order valence-electron chi connectivity index (χ4n) is 2.91. The second-order valence-electron chi connectivity index (χ2n) is 5.72. The molecule has 102 valence electrons. The smallest absolute Gasteiger partial charge is 0.137 e. The molecule has 4 nitrogen and oxygen atoms in total. The molecule has 0 saturated carbocycles. The van der Waals surface area contributed by atoms with Gasteiger partial charge in [-0.15, -0.1) is 0 Å². The molecule has 1 aliphatic heterocycles. The highest BCUT2D eigenvalue weighted by Crippen LogP contribution is 2.28.